The molecule has 0 spiro atoms. The molecule has 4 rings (SSSR count). The fourth-order valence-electron chi connectivity index (χ4n) is 3.82. The van der Waals surface area contributed by atoms with Crippen molar-refractivity contribution in [1.82, 2.24) is 20.1 Å². The van der Waals surface area contributed by atoms with E-state index in [1.807, 2.05) is 30.3 Å². The number of piperidine rings is 1. The van der Waals surface area contributed by atoms with Crippen molar-refractivity contribution in [1.29, 1.82) is 0 Å². The van der Waals surface area contributed by atoms with Gasteiger partial charge in [-0.3, -0.25) is 0 Å². The second kappa shape index (κ2) is 10.5. The van der Waals surface area contributed by atoms with Crippen molar-refractivity contribution in [3.8, 4) is 11.4 Å². The minimum Gasteiger partial charge on any atom is -0.367 e. The zero-order valence-corrected chi connectivity index (χ0v) is 18.0. The average Bonchev–Trinajstić information content (AvgIpc) is 2.79. The highest BCUT2D eigenvalue weighted by molar-refractivity contribution is 6.30. The van der Waals surface area contributed by atoms with Gasteiger partial charge in [0.2, 0.25) is 0 Å². The lowest BCUT2D eigenvalue weighted by molar-refractivity contribution is 0.228. The molecule has 0 amide bonds. The third kappa shape index (κ3) is 5.77. The first-order valence-corrected chi connectivity index (χ1v) is 11.2. The highest BCUT2D eigenvalue weighted by Gasteiger charge is 2.13. The minimum atomic E-state index is 0.622. The summed E-state index contributed by atoms with van der Waals surface area (Å²) in [6.07, 6.45) is 5.84. The van der Waals surface area contributed by atoms with E-state index in [0.717, 1.165) is 36.6 Å². The summed E-state index contributed by atoms with van der Waals surface area (Å²) in [5, 5.41) is 13.0. The molecule has 0 radical (unpaired) electrons. The molecule has 1 fully saturated rings. The van der Waals surface area contributed by atoms with Gasteiger partial charge in [-0.25, -0.2) is 4.98 Å². The van der Waals surface area contributed by atoms with Crippen LogP contribution in [0.5, 0.6) is 0 Å². The molecule has 30 heavy (non-hydrogen) atoms. The van der Waals surface area contributed by atoms with Gasteiger partial charge in [0.05, 0.1) is 5.69 Å². The van der Waals surface area contributed by atoms with Crippen LogP contribution in [-0.2, 0) is 6.42 Å². The Kier molecular flexibility index (Phi) is 7.27. The van der Waals surface area contributed by atoms with E-state index in [4.69, 9.17) is 16.6 Å². The molecule has 5 nitrogen and oxygen atoms in total. The fourth-order valence-corrected chi connectivity index (χ4v) is 3.95. The van der Waals surface area contributed by atoms with E-state index < -0.39 is 0 Å². The number of anilines is 1. The molecule has 2 heterocycles. The van der Waals surface area contributed by atoms with Crippen LogP contribution in [0.4, 0.5) is 5.82 Å². The summed E-state index contributed by atoms with van der Waals surface area (Å²) in [5.74, 6) is 1.40. The van der Waals surface area contributed by atoms with Crippen LogP contribution < -0.4 is 5.32 Å². The Morgan fingerprint density at radius 1 is 0.900 bits per heavy atom. The van der Waals surface area contributed by atoms with Crippen molar-refractivity contribution in [2.45, 2.75) is 32.1 Å². The standard InChI is InChI=1S/C24H28ClN5/c25-21-12-10-20(11-13-21)23-27-22(18-19-8-3-1-4-9-19)24(29-28-23)26-14-7-17-30-15-5-2-6-16-30/h1,3-4,8-13H,2,5-7,14-18H2,(H,26,29). The maximum Gasteiger partial charge on any atom is 0.182 e. The molecule has 2 aromatic carbocycles. The number of halogens is 1. The Balaban J connectivity index is 1.47. The summed E-state index contributed by atoms with van der Waals surface area (Å²) in [4.78, 5) is 7.41. The quantitative estimate of drug-likeness (QED) is 0.514. The van der Waals surface area contributed by atoms with Crippen LogP contribution in [0.2, 0.25) is 5.02 Å². The largest absolute Gasteiger partial charge is 0.367 e. The van der Waals surface area contributed by atoms with Gasteiger partial charge >= 0.3 is 0 Å². The van der Waals surface area contributed by atoms with Crippen LogP contribution in [0.15, 0.2) is 54.6 Å². The summed E-state index contributed by atoms with van der Waals surface area (Å²) in [6.45, 7) is 4.46. The molecule has 1 saturated heterocycles. The first kappa shape index (κ1) is 20.8. The number of nitrogens with zero attached hydrogens (tertiary/aromatic N) is 4. The number of benzene rings is 2. The van der Waals surface area contributed by atoms with Crippen molar-refractivity contribution >= 4 is 17.4 Å². The van der Waals surface area contributed by atoms with Gasteiger partial charge in [-0.1, -0.05) is 48.4 Å². The second-order valence-electron chi connectivity index (χ2n) is 7.78. The van der Waals surface area contributed by atoms with Crippen molar-refractivity contribution in [2.24, 2.45) is 0 Å². The topological polar surface area (TPSA) is 53.9 Å². The van der Waals surface area contributed by atoms with E-state index >= 15 is 0 Å². The van der Waals surface area contributed by atoms with Crippen LogP contribution in [0.25, 0.3) is 11.4 Å². The summed E-state index contributed by atoms with van der Waals surface area (Å²) in [6, 6.07) is 17.9. The first-order chi connectivity index (χ1) is 14.8. The normalized spacial score (nSPS) is 14.6. The zero-order valence-electron chi connectivity index (χ0n) is 17.2. The highest BCUT2D eigenvalue weighted by atomic mass is 35.5. The van der Waals surface area contributed by atoms with Crippen LogP contribution in [0, 0.1) is 0 Å². The molecule has 6 heteroatoms. The highest BCUT2D eigenvalue weighted by Crippen LogP contribution is 2.21. The van der Waals surface area contributed by atoms with Crippen LogP contribution >= 0.6 is 11.6 Å². The number of rotatable bonds is 8. The van der Waals surface area contributed by atoms with E-state index in [0.29, 0.717) is 17.3 Å². The molecule has 1 N–H and O–H groups in total. The monoisotopic (exact) mass is 421 g/mol. The summed E-state index contributed by atoms with van der Waals surface area (Å²) < 4.78 is 0. The van der Waals surface area contributed by atoms with Gasteiger partial charge < -0.3 is 10.2 Å². The Hall–Kier alpha value is -2.50. The van der Waals surface area contributed by atoms with Gasteiger partial charge in [0.25, 0.3) is 0 Å². The molecule has 0 atom stereocenters. The van der Waals surface area contributed by atoms with Gasteiger partial charge in [-0.2, -0.15) is 0 Å². The third-order valence-corrected chi connectivity index (χ3v) is 5.72. The Bertz CT molecular complexity index is 924. The lowest BCUT2D eigenvalue weighted by Gasteiger charge is -2.26. The Morgan fingerprint density at radius 3 is 2.43 bits per heavy atom. The molecule has 0 aliphatic carbocycles. The number of hydrogen-bond acceptors (Lipinski definition) is 5. The lowest BCUT2D eigenvalue weighted by Crippen LogP contribution is -2.31. The van der Waals surface area contributed by atoms with Gasteiger partial charge in [-0.15, -0.1) is 10.2 Å². The molecule has 1 aliphatic heterocycles. The third-order valence-electron chi connectivity index (χ3n) is 5.47. The molecular weight excluding hydrogens is 394 g/mol. The number of aromatic nitrogens is 3. The number of likely N-dealkylation sites (tertiary alicyclic amines) is 1. The Morgan fingerprint density at radius 2 is 1.67 bits per heavy atom. The molecular formula is C24H28ClN5. The average molecular weight is 422 g/mol. The van der Waals surface area contributed by atoms with Gasteiger partial charge in [0.15, 0.2) is 11.6 Å². The molecule has 3 aromatic rings. The molecule has 1 aromatic heterocycles. The first-order valence-electron chi connectivity index (χ1n) is 10.8. The molecule has 156 valence electrons. The SMILES string of the molecule is Clc1ccc(-c2nnc(NCCCN3CCCCC3)c(Cc3ccccc3)n2)cc1. The molecule has 1 aliphatic rings. The minimum absolute atomic E-state index is 0.622. The number of hydrogen-bond donors (Lipinski definition) is 1. The van der Waals surface area contributed by atoms with Crippen molar-refractivity contribution < 1.29 is 0 Å². The van der Waals surface area contributed by atoms with E-state index in [1.54, 1.807) is 0 Å². The molecule has 0 unspecified atom stereocenters. The summed E-state index contributed by atoms with van der Waals surface area (Å²) in [5.41, 5.74) is 3.04. The van der Waals surface area contributed by atoms with Gasteiger partial charge in [0, 0.05) is 23.6 Å². The van der Waals surface area contributed by atoms with Gasteiger partial charge in [-0.05, 0) is 68.7 Å². The lowest BCUT2D eigenvalue weighted by atomic mass is 10.1. The fraction of sp³-hybridized carbons (Fsp3) is 0.375. The second-order valence-corrected chi connectivity index (χ2v) is 8.22. The molecule has 0 bridgehead atoms. The summed E-state index contributed by atoms with van der Waals surface area (Å²) >= 11 is 6.02. The van der Waals surface area contributed by atoms with E-state index in [-0.39, 0.29) is 0 Å². The smallest absolute Gasteiger partial charge is 0.182 e. The predicted octanol–water partition coefficient (Wildman–Crippen LogP) is 5.07. The predicted molar refractivity (Wildman–Crippen MR) is 123 cm³/mol. The van der Waals surface area contributed by atoms with Crippen molar-refractivity contribution in [3.05, 3.63) is 70.9 Å². The van der Waals surface area contributed by atoms with Crippen molar-refractivity contribution in [2.75, 3.05) is 31.5 Å². The maximum absolute atomic E-state index is 6.02. The van der Waals surface area contributed by atoms with Crippen LogP contribution in [-0.4, -0.2) is 46.3 Å². The zero-order chi connectivity index (χ0) is 20.6. The van der Waals surface area contributed by atoms with Crippen molar-refractivity contribution in [3.63, 3.8) is 0 Å². The molecule has 0 saturated carbocycles. The van der Waals surface area contributed by atoms with E-state index in [2.05, 4.69) is 44.7 Å². The van der Waals surface area contributed by atoms with Crippen LogP contribution in [0.3, 0.4) is 0 Å². The maximum atomic E-state index is 6.02. The summed E-state index contributed by atoms with van der Waals surface area (Å²) in [7, 11) is 0. The Labute approximate surface area is 183 Å². The van der Waals surface area contributed by atoms with Gasteiger partial charge in [0.1, 0.15) is 0 Å². The van der Waals surface area contributed by atoms with Crippen LogP contribution in [0.1, 0.15) is 36.9 Å². The van der Waals surface area contributed by atoms with E-state index in [9.17, 15) is 0 Å². The van der Waals surface area contributed by atoms with E-state index in [1.165, 1.54) is 37.9 Å². The number of nitrogens with one attached hydrogen (secondary N) is 1.